The zero-order valence-corrected chi connectivity index (χ0v) is 8.27. The van der Waals surface area contributed by atoms with Gasteiger partial charge in [0, 0.05) is 5.39 Å². The smallest absolute Gasteiger partial charge is 0.354 e. The molecule has 0 aliphatic carbocycles. The number of para-hydroxylation sites is 1. The van der Waals surface area contributed by atoms with Crippen LogP contribution in [0.5, 0.6) is 0 Å². The van der Waals surface area contributed by atoms with Gasteiger partial charge in [-0.05, 0) is 12.1 Å². The van der Waals surface area contributed by atoms with Crippen molar-refractivity contribution in [2.75, 3.05) is 0 Å². The number of nitrogens with zero attached hydrogens (tertiary/aromatic N) is 1. The fourth-order valence-corrected chi connectivity index (χ4v) is 1.19. The predicted octanol–water partition coefficient (Wildman–Crippen LogP) is -0.541. The molecule has 88 valence electrons. The molecule has 2 rings (SSSR count). The van der Waals surface area contributed by atoms with E-state index in [0.717, 1.165) is 5.39 Å². The minimum absolute atomic E-state index is 0. The molecule has 6 heteroatoms. The molecule has 1 heterocycles. The number of aromatic carboxylic acids is 1. The van der Waals surface area contributed by atoms with Crippen LogP contribution in [0.1, 0.15) is 10.5 Å². The van der Waals surface area contributed by atoms with Crippen molar-refractivity contribution in [1.82, 2.24) is 4.98 Å². The van der Waals surface area contributed by atoms with Gasteiger partial charge in [-0.1, -0.05) is 24.3 Å². The number of fused-ring (bicyclic) bond motifs is 1. The Morgan fingerprint density at radius 2 is 1.62 bits per heavy atom. The first-order chi connectivity index (χ1) is 6.27. The molecule has 1 aromatic heterocycles. The summed E-state index contributed by atoms with van der Waals surface area (Å²) in [6.07, 6.45) is 0. The fourth-order valence-electron chi connectivity index (χ4n) is 1.19. The Morgan fingerprint density at radius 3 is 2.25 bits per heavy atom. The van der Waals surface area contributed by atoms with E-state index in [1.165, 1.54) is 6.07 Å². The van der Waals surface area contributed by atoms with Crippen molar-refractivity contribution in [3.63, 3.8) is 0 Å². The zero-order valence-electron chi connectivity index (χ0n) is 8.27. The van der Waals surface area contributed by atoms with Gasteiger partial charge in [0.25, 0.3) is 0 Å². The summed E-state index contributed by atoms with van der Waals surface area (Å²) >= 11 is 0. The van der Waals surface area contributed by atoms with Gasteiger partial charge < -0.3 is 21.5 Å². The number of carboxylic acids is 1. The number of rotatable bonds is 1. The second-order valence-electron chi connectivity index (χ2n) is 2.69. The average molecular weight is 227 g/mol. The Labute approximate surface area is 91.1 Å². The molecule has 0 radical (unpaired) electrons. The van der Waals surface area contributed by atoms with Crippen molar-refractivity contribution in [2.45, 2.75) is 0 Å². The van der Waals surface area contributed by atoms with Crippen molar-refractivity contribution in [3.8, 4) is 0 Å². The van der Waals surface area contributed by atoms with Gasteiger partial charge in [-0.2, -0.15) is 0 Å². The van der Waals surface area contributed by atoms with E-state index in [9.17, 15) is 4.79 Å². The number of pyridine rings is 1. The maximum absolute atomic E-state index is 10.6. The molecular formula is C10H13NO5. The molecule has 7 N–H and O–H groups in total. The molecular weight excluding hydrogens is 214 g/mol. The fraction of sp³-hybridized carbons (Fsp3) is 0. The van der Waals surface area contributed by atoms with Gasteiger partial charge in [-0.25, -0.2) is 9.78 Å². The van der Waals surface area contributed by atoms with E-state index in [1.54, 1.807) is 12.1 Å². The predicted molar refractivity (Wildman–Crippen MR) is 59.5 cm³/mol. The zero-order chi connectivity index (χ0) is 9.26. The first-order valence-electron chi connectivity index (χ1n) is 3.86. The van der Waals surface area contributed by atoms with Crippen molar-refractivity contribution in [1.29, 1.82) is 0 Å². The highest BCUT2D eigenvalue weighted by Crippen LogP contribution is 2.11. The number of hydrogen-bond donors (Lipinski definition) is 1. The standard InChI is InChI=1S/C10H7NO2.3H2O/c12-10(13)9-6-5-7-3-1-2-4-8(7)11-9;;;/h1-6H,(H,12,13);3*1H2. The van der Waals surface area contributed by atoms with Gasteiger partial charge in [0.05, 0.1) is 5.52 Å². The lowest BCUT2D eigenvalue weighted by Gasteiger charge is -1.97. The first kappa shape index (κ1) is 16.4. The number of carboxylic acid groups (broad SMARTS) is 1. The van der Waals surface area contributed by atoms with Crippen LogP contribution in [0.15, 0.2) is 36.4 Å². The summed E-state index contributed by atoms with van der Waals surface area (Å²) in [5.41, 5.74) is 0.793. The lowest BCUT2D eigenvalue weighted by Crippen LogP contribution is -1.99. The summed E-state index contributed by atoms with van der Waals surface area (Å²) in [5, 5.41) is 9.63. The van der Waals surface area contributed by atoms with E-state index >= 15 is 0 Å². The summed E-state index contributed by atoms with van der Waals surface area (Å²) in [6, 6.07) is 10.7. The molecule has 1 aromatic carbocycles. The monoisotopic (exact) mass is 227 g/mol. The molecule has 16 heavy (non-hydrogen) atoms. The van der Waals surface area contributed by atoms with Crippen molar-refractivity contribution >= 4 is 16.9 Å². The van der Waals surface area contributed by atoms with Crippen LogP contribution >= 0.6 is 0 Å². The van der Waals surface area contributed by atoms with Crippen molar-refractivity contribution in [2.24, 2.45) is 0 Å². The topological polar surface area (TPSA) is 145 Å². The summed E-state index contributed by atoms with van der Waals surface area (Å²) in [6.45, 7) is 0. The van der Waals surface area contributed by atoms with E-state index in [4.69, 9.17) is 5.11 Å². The maximum atomic E-state index is 10.6. The normalized spacial score (nSPS) is 8.25. The molecule has 6 nitrogen and oxygen atoms in total. The second-order valence-corrected chi connectivity index (χ2v) is 2.69. The molecule has 0 amide bonds. The van der Waals surface area contributed by atoms with E-state index < -0.39 is 5.97 Å². The van der Waals surface area contributed by atoms with Gasteiger partial charge in [-0.15, -0.1) is 0 Å². The lowest BCUT2D eigenvalue weighted by atomic mass is 10.2. The van der Waals surface area contributed by atoms with Crippen LogP contribution in [0.4, 0.5) is 0 Å². The third-order valence-corrected chi connectivity index (χ3v) is 1.82. The van der Waals surface area contributed by atoms with E-state index in [0.29, 0.717) is 5.52 Å². The van der Waals surface area contributed by atoms with Crippen LogP contribution < -0.4 is 0 Å². The Hall–Kier alpha value is -2.02. The molecule has 0 fully saturated rings. The Bertz CT molecular complexity index is 471. The minimum atomic E-state index is -0.995. The summed E-state index contributed by atoms with van der Waals surface area (Å²) in [4.78, 5) is 14.6. The van der Waals surface area contributed by atoms with E-state index in [1.807, 2.05) is 18.2 Å². The molecule has 0 bridgehead atoms. The van der Waals surface area contributed by atoms with Crippen LogP contribution in [0.2, 0.25) is 0 Å². The van der Waals surface area contributed by atoms with Gasteiger partial charge in [0.1, 0.15) is 5.69 Å². The number of aromatic nitrogens is 1. The van der Waals surface area contributed by atoms with Crippen molar-refractivity contribution < 1.29 is 26.3 Å². The van der Waals surface area contributed by atoms with Gasteiger partial charge in [0.15, 0.2) is 0 Å². The third-order valence-electron chi connectivity index (χ3n) is 1.82. The van der Waals surface area contributed by atoms with Gasteiger partial charge in [-0.3, -0.25) is 0 Å². The Kier molecular flexibility index (Phi) is 6.63. The number of carbonyl (C=O) groups is 1. The average Bonchev–Trinajstić information content (AvgIpc) is 2.17. The summed E-state index contributed by atoms with van der Waals surface area (Å²) in [7, 11) is 0. The highest BCUT2D eigenvalue weighted by atomic mass is 16.4. The highest BCUT2D eigenvalue weighted by molar-refractivity contribution is 5.89. The van der Waals surface area contributed by atoms with Crippen LogP contribution in [0.3, 0.4) is 0 Å². The number of hydrogen-bond acceptors (Lipinski definition) is 2. The van der Waals surface area contributed by atoms with Crippen LogP contribution in [-0.4, -0.2) is 32.5 Å². The Morgan fingerprint density at radius 1 is 1.00 bits per heavy atom. The van der Waals surface area contributed by atoms with E-state index in [-0.39, 0.29) is 22.1 Å². The molecule has 0 spiro atoms. The molecule has 2 aromatic rings. The first-order valence-corrected chi connectivity index (χ1v) is 3.86. The number of benzene rings is 1. The van der Waals surface area contributed by atoms with Crippen LogP contribution in [0.25, 0.3) is 10.9 Å². The van der Waals surface area contributed by atoms with Crippen LogP contribution in [0, 0.1) is 0 Å². The highest BCUT2D eigenvalue weighted by Gasteiger charge is 2.03. The maximum Gasteiger partial charge on any atom is 0.354 e. The van der Waals surface area contributed by atoms with Crippen molar-refractivity contribution in [3.05, 3.63) is 42.1 Å². The Balaban J connectivity index is 0. The van der Waals surface area contributed by atoms with Gasteiger partial charge >= 0.3 is 5.97 Å². The molecule has 0 aliphatic rings. The molecule has 0 saturated heterocycles. The summed E-state index contributed by atoms with van der Waals surface area (Å²) in [5.74, 6) is -0.995. The lowest BCUT2D eigenvalue weighted by molar-refractivity contribution is 0.0691. The third kappa shape index (κ3) is 2.99. The molecule has 0 atom stereocenters. The summed E-state index contributed by atoms with van der Waals surface area (Å²) < 4.78 is 0. The van der Waals surface area contributed by atoms with E-state index in [2.05, 4.69) is 4.98 Å². The van der Waals surface area contributed by atoms with Crippen LogP contribution in [-0.2, 0) is 0 Å². The molecule has 0 unspecified atom stereocenters. The second kappa shape index (κ2) is 6.46. The molecule has 0 saturated carbocycles. The minimum Gasteiger partial charge on any atom is -0.477 e. The SMILES string of the molecule is O.O.O.O=C(O)c1ccc2ccccc2n1. The molecule has 0 aliphatic heterocycles. The quantitative estimate of drug-likeness (QED) is 0.697. The largest absolute Gasteiger partial charge is 0.477 e. The van der Waals surface area contributed by atoms with Gasteiger partial charge in [0.2, 0.25) is 0 Å².